The Kier molecular flexibility index (Phi) is 5.11. The van der Waals surface area contributed by atoms with Gasteiger partial charge in [-0.05, 0) is 56.0 Å². The molecule has 6 heteroatoms. The summed E-state index contributed by atoms with van der Waals surface area (Å²) in [5.74, 6) is 0.812. The van der Waals surface area contributed by atoms with E-state index in [-0.39, 0.29) is 11.9 Å². The van der Waals surface area contributed by atoms with Crippen molar-refractivity contribution in [3.63, 3.8) is 0 Å². The van der Waals surface area contributed by atoms with Crippen LogP contribution in [0.5, 0.6) is 0 Å². The fourth-order valence-corrected chi connectivity index (χ4v) is 4.75. The molecule has 0 unspecified atom stereocenters. The van der Waals surface area contributed by atoms with Gasteiger partial charge in [0.2, 0.25) is 0 Å². The van der Waals surface area contributed by atoms with Crippen molar-refractivity contribution < 1.29 is 9.90 Å². The molecule has 1 aliphatic heterocycles. The van der Waals surface area contributed by atoms with E-state index >= 15 is 0 Å². The lowest BCUT2D eigenvalue weighted by atomic mass is 9.77. The fraction of sp³-hybridized carbons (Fsp3) is 0.333. The van der Waals surface area contributed by atoms with E-state index in [0.29, 0.717) is 17.5 Å². The van der Waals surface area contributed by atoms with Gasteiger partial charge in [0.15, 0.2) is 0 Å². The monoisotopic (exact) mass is 402 g/mol. The summed E-state index contributed by atoms with van der Waals surface area (Å²) in [6, 6.07) is 21.1. The summed E-state index contributed by atoms with van der Waals surface area (Å²) >= 11 is 0. The maximum Gasteiger partial charge on any atom is 0.270 e. The van der Waals surface area contributed by atoms with Crippen LogP contribution < -0.4 is 10.6 Å². The number of nitrogens with zero attached hydrogens (tertiary/aromatic N) is 2. The highest BCUT2D eigenvalue weighted by Crippen LogP contribution is 2.33. The predicted octanol–water partition coefficient (Wildman–Crippen LogP) is 2.63. The molecule has 1 saturated heterocycles. The topological polar surface area (TPSA) is 79.2 Å². The molecular formula is C24H26N4O2. The third kappa shape index (κ3) is 3.64. The highest BCUT2D eigenvalue weighted by atomic mass is 16.3. The molecule has 30 heavy (non-hydrogen) atoms. The summed E-state index contributed by atoms with van der Waals surface area (Å²) in [5, 5.41) is 21.8. The number of rotatable bonds is 4. The average Bonchev–Trinajstić information content (AvgIpc) is 3.42. The Morgan fingerprint density at radius 3 is 2.40 bits per heavy atom. The first-order valence-electron chi connectivity index (χ1n) is 10.6. The molecule has 4 atom stereocenters. The van der Waals surface area contributed by atoms with Gasteiger partial charge in [0.1, 0.15) is 5.69 Å². The van der Waals surface area contributed by atoms with Crippen molar-refractivity contribution in [2.75, 3.05) is 13.1 Å². The molecule has 0 bridgehead atoms. The molecule has 2 aliphatic rings. The first-order valence-corrected chi connectivity index (χ1v) is 10.6. The van der Waals surface area contributed by atoms with Crippen LogP contribution in [0.25, 0.3) is 16.9 Å². The van der Waals surface area contributed by atoms with Gasteiger partial charge in [-0.3, -0.25) is 4.79 Å². The zero-order valence-corrected chi connectivity index (χ0v) is 16.7. The molecule has 1 saturated carbocycles. The number of carbonyl (C=O) groups excluding carboxylic acids is 1. The van der Waals surface area contributed by atoms with E-state index in [0.717, 1.165) is 42.9 Å². The van der Waals surface area contributed by atoms with Crippen LogP contribution in [0.15, 0.2) is 66.7 Å². The van der Waals surface area contributed by atoms with E-state index in [2.05, 4.69) is 10.6 Å². The number of aliphatic hydroxyl groups is 1. The highest BCUT2D eigenvalue weighted by molar-refractivity contribution is 5.94. The summed E-state index contributed by atoms with van der Waals surface area (Å²) < 4.78 is 1.69. The van der Waals surface area contributed by atoms with Crippen molar-refractivity contribution >= 4 is 5.91 Å². The Bertz CT molecular complexity index is 1020. The van der Waals surface area contributed by atoms with Crippen molar-refractivity contribution in [3.8, 4) is 16.9 Å². The van der Waals surface area contributed by atoms with Gasteiger partial charge >= 0.3 is 0 Å². The van der Waals surface area contributed by atoms with Crippen LogP contribution in [0.1, 0.15) is 23.3 Å². The van der Waals surface area contributed by atoms with Crippen molar-refractivity contribution in [1.82, 2.24) is 20.4 Å². The molecule has 5 rings (SSSR count). The Balaban J connectivity index is 1.45. The zero-order chi connectivity index (χ0) is 20.5. The molecule has 1 amide bonds. The van der Waals surface area contributed by atoms with Gasteiger partial charge < -0.3 is 15.7 Å². The number of aliphatic hydroxyl groups excluding tert-OH is 1. The minimum absolute atomic E-state index is 0.206. The van der Waals surface area contributed by atoms with E-state index < -0.39 is 6.10 Å². The first kappa shape index (κ1) is 19.0. The van der Waals surface area contributed by atoms with Crippen LogP contribution in [-0.2, 0) is 0 Å². The summed E-state index contributed by atoms with van der Waals surface area (Å²) in [4.78, 5) is 13.3. The van der Waals surface area contributed by atoms with Gasteiger partial charge in [0.25, 0.3) is 5.91 Å². The number of hydrogen-bond acceptors (Lipinski definition) is 4. The van der Waals surface area contributed by atoms with E-state index in [1.165, 1.54) is 0 Å². The molecule has 154 valence electrons. The van der Waals surface area contributed by atoms with E-state index in [9.17, 15) is 9.90 Å². The second-order valence-electron chi connectivity index (χ2n) is 8.33. The molecule has 1 aromatic heterocycles. The summed E-state index contributed by atoms with van der Waals surface area (Å²) in [7, 11) is 0. The second-order valence-corrected chi connectivity index (χ2v) is 8.33. The number of carbonyl (C=O) groups is 1. The smallest absolute Gasteiger partial charge is 0.270 e. The highest BCUT2D eigenvalue weighted by Gasteiger charge is 2.39. The van der Waals surface area contributed by atoms with Crippen LogP contribution in [-0.4, -0.2) is 46.0 Å². The lowest BCUT2D eigenvalue weighted by Gasteiger charge is -2.35. The van der Waals surface area contributed by atoms with Gasteiger partial charge in [-0.25, -0.2) is 4.68 Å². The van der Waals surface area contributed by atoms with Crippen LogP contribution >= 0.6 is 0 Å². The molecule has 3 N–H and O–H groups in total. The maximum absolute atomic E-state index is 13.3. The SMILES string of the molecule is O=C(N[C@H]1C[C@H]2CNC[C@H]2C[C@@H]1O)c1cc(-c2ccccc2)nn1-c1ccccc1. The molecule has 2 heterocycles. The number of benzene rings is 2. The molecule has 0 radical (unpaired) electrons. The summed E-state index contributed by atoms with van der Waals surface area (Å²) in [6.45, 7) is 1.92. The van der Waals surface area contributed by atoms with Gasteiger partial charge in [-0.2, -0.15) is 5.10 Å². The first-order chi connectivity index (χ1) is 14.7. The molecule has 1 aliphatic carbocycles. The Morgan fingerprint density at radius 1 is 1.00 bits per heavy atom. The van der Waals surface area contributed by atoms with Gasteiger partial charge in [-0.15, -0.1) is 0 Å². The largest absolute Gasteiger partial charge is 0.391 e. The number of amides is 1. The minimum Gasteiger partial charge on any atom is -0.391 e. The Labute approximate surface area is 175 Å². The fourth-order valence-electron chi connectivity index (χ4n) is 4.75. The lowest BCUT2D eigenvalue weighted by Crippen LogP contribution is -2.49. The van der Waals surface area contributed by atoms with Gasteiger partial charge in [-0.1, -0.05) is 48.5 Å². The van der Waals surface area contributed by atoms with Crippen LogP contribution in [0.4, 0.5) is 0 Å². The summed E-state index contributed by atoms with van der Waals surface area (Å²) in [6.07, 6.45) is 1.02. The quantitative estimate of drug-likeness (QED) is 0.627. The number of hydrogen-bond donors (Lipinski definition) is 3. The molecular weight excluding hydrogens is 376 g/mol. The van der Waals surface area contributed by atoms with E-state index in [1.54, 1.807) is 4.68 Å². The lowest BCUT2D eigenvalue weighted by molar-refractivity contribution is 0.0459. The van der Waals surface area contributed by atoms with Gasteiger partial charge in [0, 0.05) is 5.56 Å². The maximum atomic E-state index is 13.3. The van der Waals surface area contributed by atoms with Crippen molar-refractivity contribution in [2.24, 2.45) is 11.8 Å². The number of fused-ring (bicyclic) bond motifs is 1. The molecule has 3 aromatic rings. The minimum atomic E-state index is -0.517. The second kappa shape index (κ2) is 8.05. The third-order valence-electron chi connectivity index (χ3n) is 6.37. The van der Waals surface area contributed by atoms with Crippen LogP contribution in [0.2, 0.25) is 0 Å². The number of nitrogens with one attached hydrogen (secondary N) is 2. The third-order valence-corrected chi connectivity index (χ3v) is 6.37. The molecule has 6 nitrogen and oxygen atoms in total. The van der Waals surface area contributed by atoms with Crippen molar-refractivity contribution in [2.45, 2.75) is 25.0 Å². The van der Waals surface area contributed by atoms with Crippen molar-refractivity contribution in [3.05, 3.63) is 72.4 Å². The molecule has 2 aromatic carbocycles. The molecule has 2 fully saturated rings. The average molecular weight is 402 g/mol. The predicted molar refractivity (Wildman–Crippen MR) is 115 cm³/mol. The number of para-hydroxylation sites is 1. The van der Waals surface area contributed by atoms with Gasteiger partial charge in [0.05, 0.1) is 23.5 Å². The summed E-state index contributed by atoms with van der Waals surface area (Å²) in [5.41, 5.74) is 3.00. The zero-order valence-electron chi connectivity index (χ0n) is 16.7. The number of aromatic nitrogens is 2. The molecule has 0 spiro atoms. The Morgan fingerprint density at radius 2 is 1.67 bits per heavy atom. The van der Waals surface area contributed by atoms with Crippen LogP contribution in [0, 0.1) is 11.8 Å². The van der Waals surface area contributed by atoms with Crippen molar-refractivity contribution in [1.29, 1.82) is 0 Å². The van der Waals surface area contributed by atoms with E-state index in [1.807, 2.05) is 66.7 Å². The van der Waals surface area contributed by atoms with E-state index in [4.69, 9.17) is 5.10 Å². The van der Waals surface area contributed by atoms with Crippen LogP contribution in [0.3, 0.4) is 0 Å². The standard InChI is InChI=1S/C24H26N4O2/c29-23-12-18-15-25-14-17(18)11-21(23)26-24(30)22-13-20(16-7-3-1-4-8-16)27-28(22)19-9-5-2-6-10-19/h1-10,13,17-18,21,23,25,29H,11-12,14-15H2,(H,26,30)/t17-,18+,21-,23-/m0/s1. The Hall–Kier alpha value is -2.96. The normalized spacial score (nSPS) is 25.6.